The third kappa shape index (κ3) is 4.28. The van der Waals surface area contributed by atoms with Crippen molar-refractivity contribution in [1.29, 1.82) is 0 Å². The van der Waals surface area contributed by atoms with Crippen LogP contribution in [0, 0.1) is 13.8 Å². The molecular formula is C18H25N3O3. The number of para-hydroxylation sites is 2. The number of nitrogens with one attached hydrogen (secondary N) is 1. The Kier molecular flexibility index (Phi) is 5.84. The molecule has 0 fully saturated rings. The van der Waals surface area contributed by atoms with Crippen molar-refractivity contribution in [3.8, 4) is 11.5 Å². The van der Waals surface area contributed by atoms with Gasteiger partial charge < -0.3 is 14.8 Å². The van der Waals surface area contributed by atoms with Crippen molar-refractivity contribution in [2.45, 2.75) is 39.8 Å². The van der Waals surface area contributed by atoms with Gasteiger partial charge in [0.05, 0.1) is 19.3 Å². The lowest BCUT2D eigenvalue weighted by Gasteiger charge is -2.19. The van der Waals surface area contributed by atoms with Crippen molar-refractivity contribution in [3.05, 3.63) is 41.7 Å². The Bertz CT molecular complexity index is 697. The second-order valence-electron chi connectivity index (χ2n) is 5.87. The Balaban J connectivity index is 1.90. The van der Waals surface area contributed by atoms with Crippen LogP contribution in [0.15, 0.2) is 30.3 Å². The number of nitrogens with zero attached hydrogens (tertiary/aromatic N) is 2. The zero-order valence-corrected chi connectivity index (χ0v) is 14.9. The van der Waals surface area contributed by atoms with Gasteiger partial charge in [-0.2, -0.15) is 5.10 Å². The van der Waals surface area contributed by atoms with Gasteiger partial charge in [-0.1, -0.05) is 12.1 Å². The molecule has 2 aromatic rings. The fourth-order valence-electron chi connectivity index (χ4n) is 2.52. The van der Waals surface area contributed by atoms with Gasteiger partial charge in [0.1, 0.15) is 12.1 Å². The maximum atomic E-state index is 12.3. The molecule has 1 N–H and O–H groups in total. The fourth-order valence-corrected chi connectivity index (χ4v) is 2.52. The number of benzene rings is 1. The SMILES string of the molecule is COc1ccccc1O[C@@H](C)CNC(=O)[C@H](C)n1nc(C)cc1C. The maximum absolute atomic E-state index is 12.3. The normalized spacial score (nSPS) is 13.2. The first kappa shape index (κ1) is 17.8. The predicted molar refractivity (Wildman–Crippen MR) is 92.5 cm³/mol. The van der Waals surface area contributed by atoms with E-state index in [2.05, 4.69) is 10.4 Å². The van der Waals surface area contributed by atoms with E-state index < -0.39 is 0 Å². The largest absolute Gasteiger partial charge is 0.493 e. The highest BCUT2D eigenvalue weighted by atomic mass is 16.5. The van der Waals surface area contributed by atoms with Gasteiger partial charge in [0, 0.05) is 5.69 Å². The van der Waals surface area contributed by atoms with Gasteiger partial charge in [-0.3, -0.25) is 9.48 Å². The number of carbonyl (C=O) groups excluding carboxylic acids is 1. The second-order valence-corrected chi connectivity index (χ2v) is 5.87. The van der Waals surface area contributed by atoms with Gasteiger partial charge in [-0.05, 0) is 45.9 Å². The van der Waals surface area contributed by atoms with Gasteiger partial charge in [0.25, 0.3) is 0 Å². The molecule has 0 spiro atoms. The Labute approximate surface area is 142 Å². The Morgan fingerprint density at radius 3 is 2.50 bits per heavy atom. The monoisotopic (exact) mass is 331 g/mol. The highest BCUT2D eigenvalue weighted by Crippen LogP contribution is 2.26. The molecule has 6 nitrogen and oxygen atoms in total. The maximum Gasteiger partial charge on any atom is 0.244 e. The zero-order valence-electron chi connectivity index (χ0n) is 14.9. The minimum Gasteiger partial charge on any atom is -0.493 e. The number of amides is 1. The summed E-state index contributed by atoms with van der Waals surface area (Å²) in [6, 6.07) is 9.04. The van der Waals surface area contributed by atoms with Gasteiger partial charge in [-0.15, -0.1) is 0 Å². The second kappa shape index (κ2) is 7.86. The molecule has 0 saturated heterocycles. The molecule has 130 valence electrons. The van der Waals surface area contributed by atoms with E-state index in [9.17, 15) is 4.79 Å². The van der Waals surface area contributed by atoms with Crippen molar-refractivity contribution in [2.24, 2.45) is 0 Å². The molecule has 1 amide bonds. The molecule has 0 aliphatic heterocycles. The number of ether oxygens (including phenoxy) is 2. The number of carbonyl (C=O) groups is 1. The van der Waals surface area contributed by atoms with E-state index in [-0.39, 0.29) is 18.1 Å². The molecule has 2 rings (SSSR count). The lowest BCUT2D eigenvalue weighted by molar-refractivity contribution is -0.124. The molecule has 2 atom stereocenters. The highest BCUT2D eigenvalue weighted by Gasteiger charge is 2.18. The smallest absolute Gasteiger partial charge is 0.244 e. The van der Waals surface area contributed by atoms with E-state index in [0.717, 1.165) is 11.4 Å². The zero-order chi connectivity index (χ0) is 17.7. The molecule has 1 aromatic carbocycles. The van der Waals surface area contributed by atoms with Crippen molar-refractivity contribution in [3.63, 3.8) is 0 Å². The third-order valence-corrected chi connectivity index (χ3v) is 3.75. The van der Waals surface area contributed by atoms with Crippen LogP contribution in [0.3, 0.4) is 0 Å². The van der Waals surface area contributed by atoms with Crippen LogP contribution in [-0.2, 0) is 4.79 Å². The van der Waals surface area contributed by atoms with Gasteiger partial charge in [0.15, 0.2) is 11.5 Å². The van der Waals surface area contributed by atoms with Crippen molar-refractivity contribution < 1.29 is 14.3 Å². The molecule has 1 heterocycles. The van der Waals surface area contributed by atoms with E-state index in [1.54, 1.807) is 11.8 Å². The number of aromatic nitrogens is 2. The van der Waals surface area contributed by atoms with E-state index in [1.165, 1.54) is 0 Å². The molecule has 0 bridgehead atoms. The summed E-state index contributed by atoms with van der Waals surface area (Å²) in [7, 11) is 1.60. The summed E-state index contributed by atoms with van der Waals surface area (Å²) in [5, 5.41) is 7.27. The van der Waals surface area contributed by atoms with Crippen LogP contribution in [0.1, 0.15) is 31.3 Å². The molecule has 0 aliphatic rings. The van der Waals surface area contributed by atoms with Crippen LogP contribution < -0.4 is 14.8 Å². The first-order valence-electron chi connectivity index (χ1n) is 8.02. The molecule has 0 saturated carbocycles. The topological polar surface area (TPSA) is 65.4 Å². The lowest BCUT2D eigenvalue weighted by Crippen LogP contribution is -2.38. The van der Waals surface area contributed by atoms with Crippen LogP contribution in [0.2, 0.25) is 0 Å². The summed E-state index contributed by atoms with van der Waals surface area (Å²) in [4.78, 5) is 12.3. The molecule has 24 heavy (non-hydrogen) atoms. The Morgan fingerprint density at radius 1 is 1.25 bits per heavy atom. The Morgan fingerprint density at radius 2 is 1.92 bits per heavy atom. The van der Waals surface area contributed by atoms with Gasteiger partial charge in [-0.25, -0.2) is 0 Å². The van der Waals surface area contributed by atoms with Crippen molar-refractivity contribution >= 4 is 5.91 Å². The van der Waals surface area contributed by atoms with E-state index >= 15 is 0 Å². The van der Waals surface area contributed by atoms with Crippen molar-refractivity contribution in [2.75, 3.05) is 13.7 Å². The van der Waals surface area contributed by atoms with Crippen LogP contribution >= 0.6 is 0 Å². The summed E-state index contributed by atoms with van der Waals surface area (Å²) in [6.07, 6.45) is -0.182. The van der Waals surface area contributed by atoms with E-state index in [4.69, 9.17) is 9.47 Å². The van der Waals surface area contributed by atoms with Gasteiger partial charge in [0.2, 0.25) is 5.91 Å². The van der Waals surface area contributed by atoms with Crippen LogP contribution in [0.25, 0.3) is 0 Å². The third-order valence-electron chi connectivity index (χ3n) is 3.75. The molecule has 1 aromatic heterocycles. The highest BCUT2D eigenvalue weighted by molar-refractivity contribution is 5.79. The molecule has 0 aliphatic carbocycles. The number of hydrogen-bond donors (Lipinski definition) is 1. The average molecular weight is 331 g/mol. The predicted octanol–water partition coefficient (Wildman–Crippen LogP) is 2.65. The minimum atomic E-state index is -0.364. The summed E-state index contributed by atoms with van der Waals surface area (Å²) < 4.78 is 12.8. The van der Waals surface area contributed by atoms with Crippen molar-refractivity contribution in [1.82, 2.24) is 15.1 Å². The summed E-state index contributed by atoms with van der Waals surface area (Å²) in [5.74, 6) is 1.25. The number of hydrogen-bond acceptors (Lipinski definition) is 4. The van der Waals surface area contributed by atoms with E-state index in [1.807, 2.05) is 58.0 Å². The fraction of sp³-hybridized carbons (Fsp3) is 0.444. The van der Waals surface area contributed by atoms with Crippen LogP contribution in [-0.4, -0.2) is 35.4 Å². The Hall–Kier alpha value is -2.50. The number of aryl methyl sites for hydroxylation is 2. The van der Waals surface area contributed by atoms with Gasteiger partial charge >= 0.3 is 0 Å². The van der Waals surface area contributed by atoms with Crippen LogP contribution in [0.4, 0.5) is 0 Å². The molecule has 0 unspecified atom stereocenters. The number of methoxy groups -OCH3 is 1. The molecule has 0 radical (unpaired) electrons. The number of rotatable bonds is 7. The molecule has 6 heteroatoms. The first-order valence-corrected chi connectivity index (χ1v) is 8.02. The summed E-state index contributed by atoms with van der Waals surface area (Å²) in [5.41, 5.74) is 1.87. The lowest BCUT2D eigenvalue weighted by atomic mass is 10.3. The minimum absolute atomic E-state index is 0.0864. The van der Waals surface area contributed by atoms with E-state index in [0.29, 0.717) is 18.0 Å². The van der Waals surface area contributed by atoms with Crippen LogP contribution in [0.5, 0.6) is 11.5 Å². The summed E-state index contributed by atoms with van der Waals surface area (Å²) in [6.45, 7) is 8.00. The summed E-state index contributed by atoms with van der Waals surface area (Å²) >= 11 is 0. The molecular weight excluding hydrogens is 306 g/mol. The quantitative estimate of drug-likeness (QED) is 0.847. The first-order chi connectivity index (χ1) is 11.4. The average Bonchev–Trinajstić information content (AvgIpc) is 2.90. The standard InChI is InChI=1S/C18H25N3O3/c1-12-10-13(2)21(20-12)15(4)18(22)19-11-14(3)24-17-9-7-6-8-16(17)23-5/h6-10,14-15H,11H2,1-5H3,(H,19,22)/t14-,15-/m0/s1.